The number of rotatable bonds is 3. The molecule has 1 saturated heterocycles. The van der Waals surface area contributed by atoms with E-state index in [-0.39, 0.29) is 17.6 Å². The summed E-state index contributed by atoms with van der Waals surface area (Å²) in [6, 6.07) is 10.5. The minimum Gasteiger partial charge on any atom is -0.380 e. The van der Waals surface area contributed by atoms with E-state index in [1.54, 1.807) is 4.57 Å². The van der Waals surface area contributed by atoms with Crippen LogP contribution in [0.25, 0.3) is 11.8 Å². The molecule has 2 atom stereocenters. The molecule has 1 aromatic carbocycles. The lowest BCUT2D eigenvalue weighted by molar-refractivity contribution is 0.141. The number of nitrogens with one attached hydrogen (secondary N) is 1. The molecule has 1 aromatic heterocycles. The van der Waals surface area contributed by atoms with E-state index in [0.29, 0.717) is 0 Å². The fourth-order valence-electron chi connectivity index (χ4n) is 5.68. The molecule has 34 heavy (non-hydrogen) atoms. The highest BCUT2D eigenvalue weighted by Crippen LogP contribution is 2.43. The van der Waals surface area contributed by atoms with Gasteiger partial charge in [-0.2, -0.15) is 0 Å². The second-order valence-electron chi connectivity index (χ2n) is 9.85. The molecule has 4 heterocycles. The molecule has 4 aliphatic rings. The van der Waals surface area contributed by atoms with E-state index in [4.69, 9.17) is 11.6 Å². The van der Waals surface area contributed by atoms with Crippen molar-refractivity contribution in [3.63, 3.8) is 0 Å². The highest BCUT2D eigenvalue weighted by atomic mass is 35.5. The predicted octanol–water partition coefficient (Wildman–Crippen LogP) is 3.16. The second kappa shape index (κ2) is 8.45. The van der Waals surface area contributed by atoms with Crippen LogP contribution >= 0.6 is 11.6 Å². The van der Waals surface area contributed by atoms with E-state index >= 15 is 0 Å². The van der Waals surface area contributed by atoms with Crippen molar-refractivity contribution in [1.29, 1.82) is 0 Å². The van der Waals surface area contributed by atoms with E-state index in [1.807, 2.05) is 31.4 Å². The molecule has 1 N–H and O–H groups in total. The number of halogens is 1. The molecular formula is C27H30ClN5O. The Balaban J connectivity index is 1.43. The van der Waals surface area contributed by atoms with Gasteiger partial charge in [0.15, 0.2) is 0 Å². The quantitative estimate of drug-likeness (QED) is 0.738. The number of nitrogens with zero attached hydrogens (tertiary/aromatic N) is 4. The number of fused-ring (bicyclic) bond motifs is 2. The Kier molecular flexibility index (Phi) is 5.40. The zero-order chi connectivity index (χ0) is 23.4. The average molecular weight is 476 g/mol. The van der Waals surface area contributed by atoms with Crippen molar-refractivity contribution in [3.05, 3.63) is 86.5 Å². The first kappa shape index (κ1) is 21.7. The number of pyridine rings is 1. The zero-order valence-corrected chi connectivity index (χ0v) is 20.4. The summed E-state index contributed by atoms with van der Waals surface area (Å²) in [5, 5.41) is 4.58. The molecule has 0 radical (unpaired) electrons. The highest BCUT2D eigenvalue weighted by Gasteiger charge is 2.40. The molecule has 0 amide bonds. The highest BCUT2D eigenvalue weighted by molar-refractivity contribution is 6.30. The Morgan fingerprint density at radius 2 is 1.79 bits per heavy atom. The lowest BCUT2D eigenvalue weighted by Gasteiger charge is -2.40. The largest absolute Gasteiger partial charge is 0.380 e. The van der Waals surface area contributed by atoms with Crippen molar-refractivity contribution in [3.8, 4) is 0 Å². The monoisotopic (exact) mass is 475 g/mol. The fourth-order valence-corrected chi connectivity index (χ4v) is 5.80. The third-order valence-electron chi connectivity index (χ3n) is 7.58. The molecule has 6 nitrogen and oxygen atoms in total. The van der Waals surface area contributed by atoms with Gasteiger partial charge in [-0.05, 0) is 54.9 Å². The maximum Gasteiger partial charge on any atom is 0.260 e. The molecule has 2 aromatic rings. The third-order valence-corrected chi connectivity index (χ3v) is 7.83. The molecular weight excluding hydrogens is 446 g/mol. The van der Waals surface area contributed by atoms with Gasteiger partial charge in [0.05, 0.1) is 17.3 Å². The van der Waals surface area contributed by atoms with Gasteiger partial charge in [0.1, 0.15) is 0 Å². The van der Waals surface area contributed by atoms with Gasteiger partial charge < -0.3 is 19.7 Å². The van der Waals surface area contributed by atoms with Crippen LogP contribution in [0.15, 0.2) is 64.7 Å². The normalized spacial score (nSPS) is 24.4. The van der Waals surface area contributed by atoms with Crippen LogP contribution in [0.5, 0.6) is 0 Å². The van der Waals surface area contributed by atoms with Gasteiger partial charge in [0, 0.05) is 74.5 Å². The van der Waals surface area contributed by atoms with Crippen LogP contribution in [-0.4, -0.2) is 66.2 Å². The summed E-state index contributed by atoms with van der Waals surface area (Å²) in [6.07, 6.45) is 9.31. The first-order chi connectivity index (χ1) is 16.5. The van der Waals surface area contributed by atoms with Crippen molar-refractivity contribution in [2.75, 3.05) is 44.7 Å². The molecule has 1 fully saturated rings. The Morgan fingerprint density at radius 1 is 1.03 bits per heavy atom. The average Bonchev–Trinajstić information content (AvgIpc) is 3.11. The molecule has 3 aliphatic heterocycles. The van der Waals surface area contributed by atoms with Crippen LogP contribution in [0.1, 0.15) is 17.5 Å². The van der Waals surface area contributed by atoms with Crippen LogP contribution in [0, 0.1) is 0 Å². The first-order valence-corrected chi connectivity index (χ1v) is 12.4. The van der Waals surface area contributed by atoms with Gasteiger partial charge in [0.25, 0.3) is 5.56 Å². The Hall–Kier alpha value is -2.80. The van der Waals surface area contributed by atoms with Crippen molar-refractivity contribution in [2.45, 2.75) is 18.5 Å². The Labute approximate surface area is 205 Å². The van der Waals surface area contributed by atoms with E-state index in [2.05, 4.69) is 57.5 Å². The number of likely N-dealkylation sites (N-methyl/N-ethyl adjacent to an activating group) is 1. The van der Waals surface area contributed by atoms with Crippen molar-refractivity contribution in [2.24, 2.45) is 7.05 Å². The van der Waals surface area contributed by atoms with Gasteiger partial charge >= 0.3 is 0 Å². The summed E-state index contributed by atoms with van der Waals surface area (Å²) >= 11 is 6.19. The van der Waals surface area contributed by atoms with Gasteiger partial charge in [-0.1, -0.05) is 23.8 Å². The van der Waals surface area contributed by atoms with E-state index in [0.717, 1.165) is 66.7 Å². The molecule has 0 spiro atoms. The number of hydrogen-bond donors (Lipinski definition) is 1. The number of hydrogen-bond acceptors (Lipinski definition) is 5. The lowest BCUT2D eigenvalue weighted by atomic mass is 9.88. The molecule has 176 valence electrons. The molecule has 6 rings (SSSR count). The predicted molar refractivity (Wildman–Crippen MR) is 139 cm³/mol. The first-order valence-electron chi connectivity index (χ1n) is 12.0. The minimum absolute atomic E-state index is 0.0438. The van der Waals surface area contributed by atoms with Crippen LogP contribution in [0.2, 0.25) is 5.02 Å². The summed E-state index contributed by atoms with van der Waals surface area (Å²) in [7, 11) is 4.02. The number of aryl methyl sites for hydroxylation is 1. The number of piperazine rings is 1. The van der Waals surface area contributed by atoms with E-state index < -0.39 is 0 Å². The summed E-state index contributed by atoms with van der Waals surface area (Å²) in [5.74, 6) is 0. The lowest BCUT2D eigenvalue weighted by Crippen LogP contribution is -2.52. The van der Waals surface area contributed by atoms with Crippen LogP contribution in [0.4, 0.5) is 5.69 Å². The smallest absolute Gasteiger partial charge is 0.260 e. The number of benzene rings is 1. The number of aromatic nitrogens is 1. The maximum atomic E-state index is 13.4. The van der Waals surface area contributed by atoms with E-state index in [9.17, 15) is 4.79 Å². The Bertz CT molecular complexity index is 1270. The number of allylic oxidation sites excluding steroid dienone is 1. The summed E-state index contributed by atoms with van der Waals surface area (Å²) in [4.78, 5) is 20.7. The van der Waals surface area contributed by atoms with Gasteiger partial charge in [-0.25, -0.2) is 0 Å². The maximum absolute atomic E-state index is 13.4. The molecule has 7 heteroatoms. The SMILES string of the molecule is CN1CCN(CC2CC3C4=C(N2)c2c(ccn(C)c2=O)C=CC4=CN3c2ccc(Cl)cc2)CC1. The third kappa shape index (κ3) is 3.70. The Morgan fingerprint density at radius 3 is 2.56 bits per heavy atom. The van der Waals surface area contributed by atoms with Crippen molar-refractivity contribution >= 4 is 29.1 Å². The second-order valence-corrected chi connectivity index (χ2v) is 10.3. The molecule has 2 unspecified atom stereocenters. The minimum atomic E-state index is 0.0438. The van der Waals surface area contributed by atoms with Gasteiger partial charge in [-0.3, -0.25) is 9.69 Å². The van der Waals surface area contributed by atoms with Crippen molar-refractivity contribution in [1.82, 2.24) is 19.7 Å². The van der Waals surface area contributed by atoms with Crippen LogP contribution in [-0.2, 0) is 7.05 Å². The topological polar surface area (TPSA) is 43.8 Å². The number of anilines is 1. The molecule has 0 bridgehead atoms. The van der Waals surface area contributed by atoms with Gasteiger partial charge in [-0.15, -0.1) is 0 Å². The fraction of sp³-hybridized carbons (Fsp3) is 0.370. The summed E-state index contributed by atoms with van der Waals surface area (Å²) < 4.78 is 1.68. The van der Waals surface area contributed by atoms with E-state index in [1.165, 1.54) is 11.1 Å². The zero-order valence-electron chi connectivity index (χ0n) is 19.7. The summed E-state index contributed by atoms with van der Waals surface area (Å²) in [6.45, 7) is 5.33. The van der Waals surface area contributed by atoms with Crippen LogP contribution < -0.4 is 15.8 Å². The standard InChI is InChI=1S/C27H30ClN5O/c1-30-11-13-32(14-12-30)17-21-15-23-24-19(16-33(23)22-7-5-20(28)6-8-22)4-3-18-9-10-31(2)27(34)25(18)26(24)29-21/h3-10,16,21,23,29H,11-15,17H2,1-2H3. The van der Waals surface area contributed by atoms with Gasteiger partial charge in [0.2, 0.25) is 0 Å². The van der Waals surface area contributed by atoms with Crippen molar-refractivity contribution < 1.29 is 0 Å². The van der Waals surface area contributed by atoms with Crippen LogP contribution in [0.3, 0.4) is 0 Å². The molecule has 1 aliphatic carbocycles. The summed E-state index contributed by atoms with van der Waals surface area (Å²) in [5.41, 5.74) is 6.32. The molecule has 0 saturated carbocycles.